The van der Waals surface area contributed by atoms with Crippen molar-refractivity contribution < 1.29 is 14.6 Å². The molecule has 0 spiro atoms. The van der Waals surface area contributed by atoms with Crippen molar-refractivity contribution in [2.24, 2.45) is 0 Å². The van der Waals surface area contributed by atoms with Crippen LogP contribution in [-0.4, -0.2) is 16.1 Å². The van der Waals surface area contributed by atoms with Crippen molar-refractivity contribution in [3.63, 3.8) is 0 Å². The number of aromatic carboxylic acids is 1. The number of benzene rings is 1. The minimum absolute atomic E-state index is 0.128. The molecule has 3 rings (SSSR count). The molecule has 0 saturated heterocycles. The lowest BCUT2D eigenvalue weighted by Crippen LogP contribution is -2.08. The van der Waals surface area contributed by atoms with Gasteiger partial charge in [-0.2, -0.15) is 0 Å². The van der Waals surface area contributed by atoms with Gasteiger partial charge in [-0.1, -0.05) is 18.7 Å². The van der Waals surface area contributed by atoms with Crippen LogP contribution in [0.15, 0.2) is 55.4 Å². The molecule has 4 heteroatoms. The van der Waals surface area contributed by atoms with Crippen LogP contribution in [0.5, 0.6) is 5.75 Å². The first-order chi connectivity index (χ1) is 9.66. The second-order valence-corrected chi connectivity index (χ2v) is 4.36. The lowest BCUT2D eigenvalue weighted by atomic mass is 9.98. The number of carboxylic acid groups (broad SMARTS) is 1. The van der Waals surface area contributed by atoms with Crippen LogP contribution in [0.2, 0.25) is 0 Å². The van der Waals surface area contributed by atoms with Crippen LogP contribution < -0.4 is 4.74 Å². The SMILES string of the molecule is C=C1C=C(c2ccncc2)Oc2c1cccc2C(=O)O. The van der Waals surface area contributed by atoms with Crippen LogP contribution >= 0.6 is 0 Å². The molecule has 2 heterocycles. The summed E-state index contributed by atoms with van der Waals surface area (Å²) in [4.78, 5) is 15.2. The summed E-state index contributed by atoms with van der Waals surface area (Å²) in [5.74, 6) is -0.122. The summed E-state index contributed by atoms with van der Waals surface area (Å²) >= 11 is 0. The molecule has 2 aromatic rings. The predicted molar refractivity (Wildman–Crippen MR) is 75.3 cm³/mol. The number of nitrogens with zero attached hydrogens (tertiary/aromatic N) is 1. The van der Waals surface area contributed by atoms with E-state index >= 15 is 0 Å². The Balaban J connectivity index is 2.11. The molecule has 0 atom stereocenters. The van der Waals surface area contributed by atoms with Crippen molar-refractivity contribution in [3.05, 3.63) is 72.1 Å². The summed E-state index contributed by atoms with van der Waals surface area (Å²) in [6.45, 7) is 3.97. The van der Waals surface area contributed by atoms with Gasteiger partial charge < -0.3 is 9.84 Å². The maximum atomic E-state index is 11.3. The molecule has 1 aliphatic rings. The maximum Gasteiger partial charge on any atom is 0.339 e. The van der Waals surface area contributed by atoms with Gasteiger partial charge in [-0.25, -0.2) is 4.79 Å². The Hall–Kier alpha value is -2.88. The zero-order valence-corrected chi connectivity index (χ0v) is 10.5. The zero-order chi connectivity index (χ0) is 14.1. The normalized spacial score (nSPS) is 13.2. The van der Waals surface area contributed by atoms with Gasteiger partial charge in [-0.05, 0) is 29.8 Å². The van der Waals surface area contributed by atoms with E-state index in [0.717, 1.165) is 11.1 Å². The van der Waals surface area contributed by atoms with Gasteiger partial charge in [0.05, 0.1) is 0 Å². The topological polar surface area (TPSA) is 59.4 Å². The number of aromatic nitrogens is 1. The second kappa shape index (κ2) is 4.66. The summed E-state index contributed by atoms with van der Waals surface area (Å²) in [5.41, 5.74) is 2.37. The Labute approximate surface area is 115 Å². The number of allylic oxidation sites excluding steroid dienone is 2. The first-order valence-electron chi connectivity index (χ1n) is 6.02. The van der Waals surface area contributed by atoms with E-state index in [2.05, 4.69) is 11.6 Å². The highest BCUT2D eigenvalue weighted by Crippen LogP contribution is 2.38. The van der Waals surface area contributed by atoms with Crippen LogP contribution in [0.3, 0.4) is 0 Å². The van der Waals surface area contributed by atoms with Gasteiger partial charge in [0.2, 0.25) is 0 Å². The Morgan fingerprint density at radius 3 is 2.65 bits per heavy atom. The Bertz CT molecular complexity index is 733. The van der Waals surface area contributed by atoms with Crippen LogP contribution in [0.25, 0.3) is 11.3 Å². The molecule has 0 aliphatic carbocycles. The van der Waals surface area contributed by atoms with Crippen LogP contribution in [0, 0.1) is 0 Å². The fourth-order valence-corrected chi connectivity index (χ4v) is 2.10. The third-order valence-corrected chi connectivity index (χ3v) is 3.07. The number of fused-ring (bicyclic) bond motifs is 1. The average Bonchev–Trinajstić information content (AvgIpc) is 2.47. The molecule has 0 unspecified atom stereocenters. The van der Waals surface area contributed by atoms with Crippen molar-refractivity contribution in [3.8, 4) is 5.75 Å². The molecule has 1 aromatic heterocycles. The Morgan fingerprint density at radius 2 is 1.95 bits per heavy atom. The van der Waals surface area contributed by atoms with E-state index in [0.29, 0.717) is 17.1 Å². The minimum atomic E-state index is -1.02. The number of rotatable bonds is 2. The van der Waals surface area contributed by atoms with Gasteiger partial charge in [-0.15, -0.1) is 0 Å². The zero-order valence-electron chi connectivity index (χ0n) is 10.5. The smallest absolute Gasteiger partial charge is 0.339 e. The standard InChI is InChI=1S/C16H11NO3/c1-10-9-14(11-5-7-17-8-6-11)20-15-12(10)3-2-4-13(15)16(18)19/h2-9H,1H2,(H,18,19). The molecule has 0 saturated carbocycles. The van der Waals surface area contributed by atoms with E-state index in [-0.39, 0.29) is 5.56 Å². The molecule has 0 amide bonds. The number of pyridine rings is 1. The lowest BCUT2D eigenvalue weighted by Gasteiger charge is -2.21. The third kappa shape index (κ3) is 1.97. The van der Waals surface area contributed by atoms with Crippen molar-refractivity contribution >= 4 is 17.3 Å². The number of hydrogen-bond acceptors (Lipinski definition) is 3. The predicted octanol–water partition coefficient (Wildman–Crippen LogP) is 3.23. The van der Waals surface area contributed by atoms with Gasteiger partial charge in [0.15, 0.2) is 0 Å². The van der Waals surface area contributed by atoms with E-state index < -0.39 is 5.97 Å². The molecule has 20 heavy (non-hydrogen) atoms. The molecule has 4 nitrogen and oxygen atoms in total. The van der Waals surface area contributed by atoms with Gasteiger partial charge in [0, 0.05) is 23.5 Å². The highest BCUT2D eigenvalue weighted by molar-refractivity contribution is 5.97. The summed E-state index contributed by atoms with van der Waals surface area (Å²) in [7, 11) is 0. The molecule has 0 fully saturated rings. The number of carboxylic acids is 1. The van der Waals surface area contributed by atoms with E-state index in [1.165, 1.54) is 6.07 Å². The van der Waals surface area contributed by atoms with Gasteiger partial charge in [0.1, 0.15) is 17.1 Å². The fraction of sp³-hybridized carbons (Fsp3) is 0. The molecule has 0 radical (unpaired) electrons. The highest BCUT2D eigenvalue weighted by atomic mass is 16.5. The number of carbonyl (C=O) groups is 1. The minimum Gasteiger partial charge on any atom is -0.478 e. The van der Waals surface area contributed by atoms with E-state index in [1.54, 1.807) is 42.7 Å². The van der Waals surface area contributed by atoms with E-state index in [1.807, 2.05) is 0 Å². The monoisotopic (exact) mass is 265 g/mol. The van der Waals surface area contributed by atoms with Gasteiger partial charge >= 0.3 is 5.97 Å². The van der Waals surface area contributed by atoms with Crippen LogP contribution in [0.1, 0.15) is 21.5 Å². The lowest BCUT2D eigenvalue weighted by molar-refractivity contribution is 0.0694. The van der Waals surface area contributed by atoms with E-state index in [4.69, 9.17) is 4.74 Å². The maximum absolute atomic E-state index is 11.3. The summed E-state index contributed by atoms with van der Waals surface area (Å²) in [5, 5.41) is 9.24. The first kappa shape index (κ1) is 12.2. The second-order valence-electron chi connectivity index (χ2n) is 4.36. The fourth-order valence-electron chi connectivity index (χ4n) is 2.10. The highest BCUT2D eigenvalue weighted by Gasteiger charge is 2.22. The molecule has 0 bridgehead atoms. The van der Waals surface area contributed by atoms with Gasteiger partial charge in [-0.3, -0.25) is 4.98 Å². The quantitative estimate of drug-likeness (QED) is 0.905. The third-order valence-electron chi connectivity index (χ3n) is 3.07. The van der Waals surface area contributed by atoms with Crippen molar-refractivity contribution in [1.29, 1.82) is 0 Å². The molecular weight excluding hydrogens is 254 g/mol. The average molecular weight is 265 g/mol. The number of para-hydroxylation sites is 1. The van der Waals surface area contributed by atoms with Crippen LogP contribution in [0.4, 0.5) is 0 Å². The molecule has 98 valence electrons. The molecular formula is C16H11NO3. The first-order valence-corrected chi connectivity index (χ1v) is 6.02. The summed E-state index contributed by atoms with van der Waals surface area (Å²) in [6, 6.07) is 8.59. The van der Waals surface area contributed by atoms with Crippen molar-refractivity contribution in [2.45, 2.75) is 0 Å². The van der Waals surface area contributed by atoms with Crippen molar-refractivity contribution in [1.82, 2.24) is 4.98 Å². The molecule has 1 N–H and O–H groups in total. The summed E-state index contributed by atoms with van der Waals surface area (Å²) < 4.78 is 5.77. The Morgan fingerprint density at radius 1 is 1.20 bits per heavy atom. The molecule has 1 aromatic carbocycles. The van der Waals surface area contributed by atoms with E-state index in [9.17, 15) is 9.90 Å². The molecule has 1 aliphatic heterocycles. The Kier molecular flexibility index (Phi) is 2.84. The van der Waals surface area contributed by atoms with Gasteiger partial charge in [0.25, 0.3) is 0 Å². The summed E-state index contributed by atoms with van der Waals surface area (Å²) in [6.07, 6.45) is 5.10. The number of ether oxygens (including phenoxy) is 1. The van der Waals surface area contributed by atoms with Crippen LogP contribution in [-0.2, 0) is 0 Å². The number of hydrogen-bond donors (Lipinski definition) is 1. The van der Waals surface area contributed by atoms with Crippen molar-refractivity contribution in [2.75, 3.05) is 0 Å². The largest absolute Gasteiger partial charge is 0.478 e.